The summed E-state index contributed by atoms with van der Waals surface area (Å²) in [6, 6.07) is 5.30. The summed E-state index contributed by atoms with van der Waals surface area (Å²) in [6.45, 7) is 2.87. The van der Waals surface area contributed by atoms with Crippen molar-refractivity contribution in [2.75, 3.05) is 36.4 Å². The van der Waals surface area contributed by atoms with E-state index < -0.39 is 26.6 Å². The van der Waals surface area contributed by atoms with Gasteiger partial charge in [-0.15, -0.1) is 0 Å². The molecule has 4 rings (SSSR count). The summed E-state index contributed by atoms with van der Waals surface area (Å²) in [7, 11) is -4.25. The zero-order chi connectivity index (χ0) is 22.0. The average Bonchev–Trinajstić information content (AvgIpc) is 2.74. The van der Waals surface area contributed by atoms with Gasteiger partial charge in [-0.25, -0.2) is 22.2 Å². The van der Waals surface area contributed by atoms with Crippen molar-refractivity contribution in [3.63, 3.8) is 0 Å². The third-order valence-corrected chi connectivity index (χ3v) is 7.81. The molecule has 1 aliphatic carbocycles. The van der Waals surface area contributed by atoms with Crippen LogP contribution in [0.4, 0.5) is 20.5 Å². The van der Waals surface area contributed by atoms with E-state index in [9.17, 15) is 17.2 Å². The Bertz CT molecular complexity index is 1020. The number of anilines is 2. The minimum absolute atomic E-state index is 0.116. The fourth-order valence-corrected chi connectivity index (χ4v) is 5.75. The summed E-state index contributed by atoms with van der Waals surface area (Å²) < 4.78 is 54.8. The van der Waals surface area contributed by atoms with Crippen LogP contribution in [0.15, 0.2) is 29.2 Å². The van der Waals surface area contributed by atoms with Crippen molar-refractivity contribution >= 4 is 21.8 Å². The Morgan fingerprint density at radius 3 is 2.29 bits per heavy atom. The van der Waals surface area contributed by atoms with Crippen LogP contribution in [-0.2, 0) is 10.0 Å². The summed E-state index contributed by atoms with van der Waals surface area (Å²) in [6.07, 6.45) is 5.89. The first-order valence-electron chi connectivity index (χ1n) is 10.7. The molecule has 7 nitrogen and oxygen atoms in total. The van der Waals surface area contributed by atoms with E-state index in [2.05, 4.69) is 15.3 Å². The SMILES string of the molecule is Cc1cc(N2CCN(S(=O)(=O)c3c(F)cccc3F)CC2)nc(NC2CCCCC2)n1. The van der Waals surface area contributed by atoms with E-state index in [-0.39, 0.29) is 13.1 Å². The summed E-state index contributed by atoms with van der Waals surface area (Å²) in [5, 5.41) is 3.43. The lowest BCUT2D eigenvalue weighted by atomic mass is 9.96. The Kier molecular flexibility index (Phi) is 6.38. The number of nitrogens with zero attached hydrogens (tertiary/aromatic N) is 4. The van der Waals surface area contributed by atoms with Crippen molar-refractivity contribution in [3.8, 4) is 0 Å². The number of halogens is 2. The van der Waals surface area contributed by atoms with Gasteiger partial charge in [0.15, 0.2) is 4.90 Å². The molecule has 2 fully saturated rings. The van der Waals surface area contributed by atoms with Crippen LogP contribution in [0.3, 0.4) is 0 Å². The number of hydrogen-bond donors (Lipinski definition) is 1. The average molecular weight is 452 g/mol. The highest BCUT2D eigenvalue weighted by atomic mass is 32.2. The fraction of sp³-hybridized carbons (Fsp3) is 0.524. The van der Waals surface area contributed by atoms with E-state index in [0.29, 0.717) is 25.1 Å². The molecule has 31 heavy (non-hydrogen) atoms. The van der Waals surface area contributed by atoms with Crippen LogP contribution >= 0.6 is 0 Å². The van der Waals surface area contributed by atoms with Crippen LogP contribution in [-0.4, -0.2) is 54.9 Å². The van der Waals surface area contributed by atoms with Crippen LogP contribution in [0.25, 0.3) is 0 Å². The number of nitrogens with one attached hydrogen (secondary N) is 1. The first kappa shape index (κ1) is 21.9. The van der Waals surface area contributed by atoms with E-state index in [1.165, 1.54) is 19.3 Å². The van der Waals surface area contributed by atoms with E-state index in [0.717, 1.165) is 46.9 Å². The van der Waals surface area contributed by atoms with Gasteiger partial charge in [0.2, 0.25) is 16.0 Å². The molecule has 0 radical (unpaired) electrons. The molecule has 1 aromatic heterocycles. The number of sulfonamides is 1. The van der Waals surface area contributed by atoms with Gasteiger partial charge < -0.3 is 10.2 Å². The molecule has 2 aromatic rings. The van der Waals surface area contributed by atoms with E-state index in [1.807, 2.05) is 17.9 Å². The third-order valence-electron chi connectivity index (χ3n) is 5.86. The van der Waals surface area contributed by atoms with Crippen LogP contribution in [0.5, 0.6) is 0 Å². The van der Waals surface area contributed by atoms with E-state index in [4.69, 9.17) is 0 Å². The Morgan fingerprint density at radius 2 is 1.65 bits per heavy atom. The van der Waals surface area contributed by atoms with Gasteiger partial charge in [-0.3, -0.25) is 0 Å². The minimum Gasteiger partial charge on any atom is -0.354 e. The van der Waals surface area contributed by atoms with Gasteiger partial charge in [-0.2, -0.15) is 9.29 Å². The van der Waals surface area contributed by atoms with E-state index in [1.54, 1.807) is 0 Å². The quantitative estimate of drug-likeness (QED) is 0.752. The molecule has 1 saturated carbocycles. The summed E-state index contributed by atoms with van der Waals surface area (Å²) >= 11 is 0. The molecule has 2 aliphatic rings. The Hall–Kier alpha value is -2.33. The Morgan fingerprint density at radius 1 is 1.00 bits per heavy atom. The van der Waals surface area contributed by atoms with Crippen molar-refractivity contribution in [1.29, 1.82) is 0 Å². The summed E-state index contributed by atoms with van der Waals surface area (Å²) in [5.41, 5.74) is 0.826. The lowest BCUT2D eigenvalue weighted by Crippen LogP contribution is -2.49. The molecule has 0 atom stereocenters. The zero-order valence-corrected chi connectivity index (χ0v) is 18.3. The van der Waals surface area contributed by atoms with Crippen LogP contribution in [0, 0.1) is 18.6 Å². The van der Waals surface area contributed by atoms with Gasteiger partial charge in [0.25, 0.3) is 0 Å². The molecule has 0 spiro atoms. The van der Waals surface area contributed by atoms with E-state index >= 15 is 0 Å². The lowest BCUT2D eigenvalue weighted by Gasteiger charge is -2.35. The maximum absolute atomic E-state index is 14.0. The minimum atomic E-state index is -4.25. The largest absolute Gasteiger partial charge is 0.354 e. The van der Waals surface area contributed by atoms with Crippen LogP contribution in [0.2, 0.25) is 0 Å². The normalized spacial score (nSPS) is 18.9. The Balaban J connectivity index is 1.46. The van der Waals surface area contributed by atoms with Crippen molar-refractivity contribution < 1.29 is 17.2 Å². The predicted molar refractivity (Wildman–Crippen MR) is 115 cm³/mol. The van der Waals surface area contributed by atoms with Crippen molar-refractivity contribution in [3.05, 3.63) is 41.6 Å². The van der Waals surface area contributed by atoms with Gasteiger partial charge >= 0.3 is 0 Å². The first-order valence-corrected chi connectivity index (χ1v) is 12.1. The second-order valence-corrected chi connectivity index (χ2v) is 9.99. The highest BCUT2D eigenvalue weighted by Crippen LogP contribution is 2.26. The number of hydrogen-bond acceptors (Lipinski definition) is 6. The van der Waals surface area contributed by atoms with Gasteiger partial charge in [0.05, 0.1) is 0 Å². The molecule has 2 heterocycles. The highest BCUT2D eigenvalue weighted by molar-refractivity contribution is 7.89. The third kappa shape index (κ3) is 4.79. The van der Waals surface area contributed by atoms with Crippen molar-refractivity contribution in [2.45, 2.75) is 50.0 Å². The maximum Gasteiger partial charge on any atom is 0.249 e. The fourth-order valence-electron chi connectivity index (χ4n) is 4.22. The van der Waals surface area contributed by atoms with Crippen molar-refractivity contribution in [2.24, 2.45) is 0 Å². The van der Waals surface area contributed by atoms with Gasteiger partial charge in [0.1, 0.15) is 17.5 Å². The molecule has 168 valence electrons. The number of benzene rings is 1. The van der Waals surface area contributed by atoms with Crippen LogP contribution < -0.4 is 10.2 Å². The molecule has 10 heteroatoms. The Labute approximate surface area is 181 Å². The first-order chi connectivity index (χ1) is 14.8. The maximum atomic E-state index is 14.0. The predicted octanol–water partition coefficient (Wildman–Crippen LogP) is 3.32. The molecule has 0 unspecified atom stereocenters. The highest BCUT2D eigenvalue weighted by Gasteiger charge is 2.33. The molecule has 1 aliphatic heterocycles. The van der Waals surface area contributed by atoms with Gasteiger partial charge in [-0.1, -0.05) is 25.3 Å². The monoisotopic (exact) mass is 451 g/mol. The molecular formula is C21H27F2N5O2S. The lowest BCUT2D eigenvalue weighted by molar-refractivity contribution is 0.377. The molecular weight excluding hydrogens is 424 g/mol. The summed E-state index contributed by atoms with van der Waals surface area (Å²) in [4.78, 5) is 10.2. The second-order valence-electron chi connectivity index (χ2n) is 8.11. The standard InChI is InChI=1S/C21H27F2N5O2S/c1-15-14-19(26-21(24-15)25-16-6-3-2-4-7-16)27-10-12-28(13-11-27)31(29,30)20-17(22)8-5-9-18(20)23/h5,8-9,14,16H,2-4,6-7,10-13H2,1H3,(H,24,25,26). The smallest absolute Gasteiger partial charge is 0.249 e. The van der Waals surface area contributed by atoms with Gasteiger partial charge in [0, 0.05) is 44.0 Å². The second kappa shape index (κ2) is 9.04. The van der Waals surface area contributed by atoms with Gasteiger partial charge in [-0.05, 0) is 31.9 Å². The molecule has 1 N–H and O–H groups in total. The number of piperazine rings is 1. The molecule has 0 bridgehead atoms. The van der Waals surface area contributed by atoms with Crippen LogP contribution in [0.1, 0.15) is 37.8 Å². The van der Waals surface area contributed by atoms with Crippen molar-refractivity contribution in [1.82, 2.24) is 14.3 Å². The molecule has 1 saturated heterocycles. The summed E-state index contributed by atoms with van der Waals surface area (Å²) in [5.74, 6) is -0.843. The number of aryl methyl sites for hydroxylation is 1. The zero-order valence-electron chi connectivity index (χ0n) is 17.5. The molecule has 1 aromatic carbocycles. The molecule has 0 amide bonds. The topological polar surface area (TPSA) is 78.4 Å². The number of rotatable bonds is 5. The number of aromatic nitrogens is 2.